The van der Waals surface area contributed by atoms with Crippen LogP contribution in [0.3, 0.4) is 0 Å². The van der Waals surface area contributed by atoms with Crippen molar-refractivity contribution in [3.8, 4) is 5.75 Å². The molecule has 1 N–H and O–H groups in total. The zero-order valence-corrected chi connectivity index (χ0v) is 20.1. The van der Waals surface area contributed by atoms with Crippen molar-refractivity contribution >= 4 is 29.9 Å². The molecular weight excluding hydrogens is 507 g/mol. The number of alkyl halides is 2. The molecule has 0 unspecified atom stereocenters. The minimum Gasteiger partial charge on any atom is -0.435 e. The maximum Gasteiger partial charge on any atom is 0.387 e. The average molecular weight is 537 g/mol. The van der Waals surface area contributed by atoms with Gasteiger partial charge in [-0.3, -0.25) is 4.99 Å². The van der Waals surface area contributed by atoms with E-state index in [0.717, 1.165) is 30.3 Å². The number of nitrogens with zero attached hydrogens (tertiary/aromatic N) is 4. The molecule has 0 aliphatic heterocycles. The van der Waals surface area contributed by atoms with Gasteiger partial charge >= 0.3 is 6.61 Å². The van der Waals surface area contributed by atoms with E-state index >= 15 is 0 Å². The highest BCUT2D eigenvalue weighted by molar-refractivity contribution is 14.0. The summed E-state index contributed by atoms with van der Waals surface area (Å²) in [7, 11) is 1.93. The van der Waals surface area contributed by atoms with Crippen molar-refractivity contribution in [2.45, 2.75) is 52.7 Å². The van der Waals surface area contributed by atoms with Crippen molar-refractivity contribution in [2.24, 2.45) is 4.99 Å². The molecule has 1 heterocycles. The van der Waals surface area contributed by atoms with E-state index in [0.29, 0.717) is 25.4 Å². The molecule has 0 bridgehead atoms. The van der Waals surface area contributed by atoms with E-state index in [1.54, 1.807) is 12.1 Å². The smallest absolute Gasteiger partial charge is 0.387 e. The Morgan fingerprint density at radius 1 is 1.27 bits per heavy atom. The summed E-state index contributed by atoms with van der Waals surface area (Å²) in [5.74, 6) is 2.52. The number of halogens is 3. The molecule has 2 rings (SSSR count). The van der Waals surface area contributed by atoms with Crippen LogP contribution in [-0.4, -0.2) is 47.7 Å². The minimum atomic E-state index is -2.82. The maximum absolute atomic E-state index is 12.2. The van der Waals surface area contributed by atoms with Gasteiger partial charge in [-0.1, -0.05) is 31.1 Å². The first-order valence-electron chi connectivity index (χ1n) is 9.74. The Balaban J connectivity index is 0.00000450. The monoisotopic (exact) mass is 537 g/mol. The summed E-state index contributed by atoms with van der Waals surface area (Å²) in [4.78, 5) is 11.0. The largest absolute Gasteiger partial charge is 0.435 e. The van der Waals surface area contributed by atoms with Gasteiger partial charge in [0.05, 0.1) is 0 Å². The summed E-state index contributed by atoms with van der Waals surface area (Å²) >= 11 is 0. The lowest BCUT2D eigenvalue weighted by Crippen LogP contribution is -2.38. The summed E-state index contributed by atoms with van der Waals surface area (Å²) in [5, 5.41) is 7.22. The zero-order valence-electron chi connectivity index (χ0n) is 17.8. The van der Waals surface area contributed by atoms with Crippen molar-refractivity contribution in [1.82, 2.24) is 20.4 Å². The lowest BCUT2D eigenvalue weighted by molar-refractivity contribution is -0.0498. The maximum atomic E-state index is 12.2. The van der Waals surface area contributed by atoms with Gasteiger partial charge < -0.3 is 19.5 Å². The van der Waals surface area contributed by atoms with E-state index in [2.05, 4.69) is 25.2 Å². The van der Waals surface area contributed by atoms with Crippen LogP contribution in [0.25, 0.3) is 0 Å². The third-order valence-corrected chi connectivity index (χ3v) is 4.08. The predicted molar refractivity (Wildman–Crippen MR) is 123 cm³/mol. The third kappa shape index (κ3) is 8.80. The van der Waals surface area contributed by atoms with Gasteiger partial charge in [-0.25, -0.2) is 0 Å². The second kappa shape index (κ2) is 13.3. The van der Waals surface area contributed by atoms with Gasteiger partial charge in [-0.15, -0.1) is 24.0 Å². The first-order chi connectivity index (χ1) is 13.9. The normalized spacial score (nSPS) is 11.5. The first-order valence-corrected chi connectivity index (χ1v) is 9.74. The molecule has 1 aromatic heterocycles. The van der Waals surface area contributed by atoms with Gasteiger partial charge in [0.1, 0.15) is 5.75 Å². The van der Waals surface area contributed by atoms with E-state index in [1.807, 2.05) is 32.7 Å². The number of nitrogens with one attached hydrogen (secondary N) is 1. The van der Waals surface area contributed by atoms with Crippen LogP contribution in [0.4, 0.5) is 8.78 Å². The number of benzene rings is 1. The number of aliphatic imine (C=N–C) groups is 1. The molecule has 0 atom stereocenters. The summed E-state index contributed by atoms with van der Waals surface area (Å²) in [6.45, 7) is 5.18. The fraction of sp³-hybridized carbons (Fsp3) is 0.550. The minimum absolute atomic E-state index is 0. The number of rotatable bonds is 10. The van der Waals surface area contributed by atoms with Crippen LogP contribution in [0.1, 0.15) is 50.4 Å². The fourth-order valence-electron chi connectivity index (χ4n) is 2.61. The van der Waals surface area contributed by atoms with Crippen molar-refractivity contribution in [3.63, 3.8) is 0 Å². The van der Waals surface area contributed by atoms with Gasteiger partial charge in [0, 0.05) is 39.0 Å². The summed E-state index contributed by atoms with van der Waals surface area (Å²) in [6, 6.07) is 6.60. The van der Waals surface area contributed by atoms with E-state index in [-0.39, 0.29) is 35.6 Å². The molecule has 10 heteroatoms. The lowest BCUT2D eigenvalue weighted by Gasteiger charge is -2.22. The molecule has 30 heavy (non-hydrogen) atoms. The van der Waals surface area contributed by atoms with E-state index in [1.165, 1.54) is 12.1 Å². The second-order valence-corrected chi connectivity index (χ2v) is 6.92. The lowest BCUT2D eigenvalue weighted by atomic mass is 10.2. The van der Waals surface area contributed by atoms with Gasteiger partial charge in [0.15, 0.2) is 11.8 Å². The highest BCUT2D eigenvalue weighted by Crippen LogP contribution is 2.16. The molecule has 1 aromatic carbocycles. The number of aromatic nitrogens is 2. The molecule has 0 amide bonds. The van der Waals surface area contributed by atoms with Crippen LogP contribution in [0.15, 0.2) is 33.8 Å². The molecule has 0 spiro atoms. The van der Waals surface area contributed by atoms with E-state index in [9.17, 15) is 8.78 Å². The molecule has 0 radical (unpaired) electrons. The van der Waals surface area contributed by atoms with Crippen LogP contribution in [0.2, 0.25) is 0 Å². The third-order valence-electron chi connectivity index (χ3n) is 4.08. The molecule has 0 fully saturated rings. The van der Waals surface area contributed by atoms with Gasteiger partial charge in [0.25, 0.3) is 0 Å². The number of hydrogen-bond donors (Lipinski definition) is 1. The molecule has 0 aliphatic rings. The number of aryl methyl sites for hydroxylation is 1. The zero-order chi connectivity index (χ0) is 21.2. The number of hydrogen-bond acceptors (Lipinski definition) is 5. The number of guanidine groups is 1. The SMILES string of the molecule is CCNC(=NCCCc1nc(C(C)C)no1)N(C)Cc1ccc(OC(F)F)cc1.I. The van der Waals surface area contributed by atoms with Crippen LogP contribution in [0, 0.1) is 0 Å². The topological polar surface area (TPSA) is 75.8 Å². The van der Waals surface area contributed by atoms with Crippen molar-refractivity contribution in [2.75, 3.05) is 20.1 Å². The Hall–Kier alpha value is -1.98. The molecule has 0 saturated heterocycles. The van der Waals surface area contributed by atoms with Gasteiger partial charge in [0.2, 0.25) is 5.89 Å². The molecule has 0 saturated carbocycles. The van der Waals surface area contributed by atoms with Crippen LogP contribution in [-0.2, 0) is 13.0 Å². The quantitative estimate of drug-likeness (QED) is 0.209. The predicted octanol–water partition coefficient (Wildman–Crippen LogP) is 4.44. The van der Waals surface area contributed by atoms with Crippen LogP contribution < -0.4 is 10.1 Å². The molecule has 0 aliphatic carbocycles. The Kier molecular flexibility index (Phi) is 11.6. The Morgan fingerprint density at radius 3 is 2.53 bits per heavy atom. The Bertz CT molecular complexity index is 769. The summed E-state index contributed by atoms with van der Waals surface area (Å²) in [5.41, 5.74) is 0.965. The van der Waals surface area contributed by atoms with E-state index in [4.69, 9.17) is 4.52 Å². The highest BCUT2D eigenvalue weighted by Gasteiger charge is 2.10. The second-order valence-electron chi connectivity index (χ2n) is 6.92. The first kappa shape index (κ1) is 26.1. The highest BCUT2D eigenvalue weighted by atomic mass is 127. The van der Waals surface area contributed by atoms with Crippen LogP contribution in [0.5, 0.6) is 5.75 Å². The van der Waals surface area contributed by atoms with E-state index < -0.39 is 6.61 Å². The van der Waals surface area contributed by atoms with Crippen molar-refractivity contribution in [3.05, 3.63) is 41.5 Å². The summed E-state index contributed by atoms with van der Waals surface area (Å²) < 4.78 is 34.1. The average Bonchev–Trinajstić information content (AvgIpc) is 3.14. The number of ether oxygens (including phenoxy) is 1. The molecular formula is C20H30F2IN5O2. The van der Waals surface area contributed by atoms with Crippen molar-refractivity contribution < 1.29 is 18.0 Å². The standard InChI is InChI=1S/C20H29F2N5O2.HI/c1-5-23-20(24-12-6-7-17-25-18(14(2)3)26-29-17)27(4)13-15-8-10-16(11-9-15)28-19(21)22;/h8-11,14,19H,5-7,12-13H2,1-4H3,(H,23,24);1H. The van der Waals surface area contributed by atoms with Crippen LogP contribution >= 0.6 is 24.0 Å². The van der Waals surface area contributed by atoms with Gasteiger partial charge in [-0.05, 0) is 31.0 Å². The van der Waals surface area contributed by atoms with Crippen molar-refractivity contribution in [1.29, 1.82) is 0 Å². The molecule has 7 nitrogen and oxygen atoms in total. The van der Waals surface area contributed by atoms with Gasteiger partial charge in [-0.2, -0.15) is 13.8 Å². The fourth-order valence-corrected chi connectivity index (χ4v) is 2.61. The molecule has 2 aromatic rings. The Morgan fingerprint density at radius 2 is 1.97 bits per heavy atom. The molecule has 168 valence electrons. The Labute approximate surface area is 193 Å². The summed E-state index contributed by atoms with van der Waals surface area (Å²) in [6.07, 6.45) is 1.47.